The molecule has 3 aromatic carbocycles. The van der Waals surface area contributed by atoms with E-state index in [1.807, 2.05) is 19.9 Å². The molecule has 0 saturated carbocycles. The summed E-state index contributed by atoms with van der Waals surface area (Å²) in [4.78, 5) is 4.54. The number of sulfonamides is 1. The van der Waals surface area contributed by atoms with Crippen LogP contribution in [0, 0.1) is 20.8 Å². The summed E-state index contributed by atoms with van der Waals surface area (Å²) in [5.41, 5.74) is 1.18. The number of hydrogen-bond donors (Lipinski definition) is 1. The number of nitrogens with one attached hydrogen (secondary N) is 1. The molecular weight excluding hydrogens is 497 g/mol. The maximum Gasteiger partial charge on any atom is 0.416 e. The number of halogens is 3. The highest BCUT2D eigenvalue weighted by Crippen LogP contribution is 2.38. The van der Waals surface area contributed by atoms with Gasteiger partial charge >= 0.3 is 6.18 Å². The molecule has 1 unspecified atom stereocenters. The van der Waals surface area contributed by atoms with Crippen LogP contribution in [-0.2, 0) is 28.2 Å². The van der Waals surface area contributed by atoms with Crippen LogP contribution in [0.5, 0.6) is 0 Å². The molecule has 0 aliphatic rings. The molecule has 0 spiro atoms. The summed E-state index contributed by atoms with van der Waals surface area (Å²) in [6.45, 7) is 5.51. The maximum atomic E-state index is 13.8. The minimum atomic E-state index is -4.61. The quantitative estimate of drug-likeness (QED) is 0.301. The van der Waals surface area contributed by atoms with Gasteiger partial charge in [0.15, 0.2) is 0 Å². The summed E-state index contributed by atoms with van der Waals surface area (Å²) in [7, 11) is -4.20. The highest BCUT2D eigenvalue weighted by Gasteiger charge is 2.42. The molecule has 1 heterocycles. The number of hydrogen-bond acceptors (Lipinski definition) is 3. The van der Waals surface area contributed by atoms with Crippen molar-refractivity contribution < 1.29 is 21.6 Å². The number of nitrogens with zero attached hydrogens (tertiary/aromatic N) is 1. The van der Waals surface area contributed by atoms with Crippen LogP contribution >= 0.6 is 0 Å². The van der Waals surface area contributed by atoms with Gasteiger partial charge in [0.1, 0.15) is 5.54 Å². The highest BCUT2D eigenvalue weighted by atomic mass is 32.2. The second-order valence-electron chi connectivity index (χ2n) is 9.22. The predicted octanol–water partition coefficient (Wildman–Crippen LogP) is 6.49. The van der Waals surface area contributed by atoms with E-state index in [0.29, 0.717) is 0 Å². The summed E-state index contributed by atoms with van der Waals surface area (Å²) >= 11 is 0. The molecule has 1 N–H and O–H groups in total. The third-order valence-corrected chi connectivity index (χ3v) is 7.93. The Morgan fingerprint density at radius 3 is 2.11 bits per heavy atom. The molecule has 1 atom stereocenters. The van der Waals surface area contributed by atoms with E-state index in [-0.39, 0.29) is 22.6 Å². The van der Waals surface area contributed by atoms with Gasteiger partial charge in [-0.1, -0.05) is 54.6 Å². The molecule has 0 amide bonds. The van der Waals surface area contributed by atoms with E-state index < -0.39 is 27.3 Å². The van der Waals surface area contributed by atoms with Crippen molar-refractivity contribution in [1.29, 1.82) is 0 Å². The van der Waals surface area contributed by atoms with Crippen molar-refractivity contribution >= 4 is 10.0 Å². The molecule has 0 aliphatic carbocycles. The summed E-state index contributed by atoms with van der Waals surface area (Å²) in [5.74, 6) is 0. The van der Waals surface area contributed by atoms with Crippen molar-refractivity contribution in [2.24, 2.45) is 0 Å². The van der Waals surface area contributed by atoms with E-state index in [0.717, 1.165) is 34.4 Å². The lowest BCUT2D eigenvalue weighted by atomic mass is 9.81. The van der Waals surface area contributed by atoms with Gasteiger partial charge in [-0.15, -0.1) is 0 Å². The molecule has 0 radical (unpaired) electrons. The zero-order valence-electron chi connectivity index (χ0n) is 20.7. The molecule has 0 bridgehead atoms. The zero-order valence-corrected chi connectivity index (χ0v) is 21.5. The molecule has 0 aliphatic heterocycles. The van der Waals surface area contributed by atoms with Gasteiger partial charge in [0.2, 0.25) is 10.0 Å². The topological polar surface area (TPSA) is 59.1 Å². The van der Waals surface area contributed by atoms with Crippen molar-refractivity contribution in [3.8, 4) is 0 Å². The zero-order chi connectivity index (χ0) is 26.8. The van der Waals surface area contributed by atoms with Crippen LogP contribution in [0.3, 0.4) is 0 Å². The molecule has 4 aromatic rings. The van der Waals surface area contributed by atoms with E-state index >= 15 is 0 Å². The van der Waals surface area contributed by atoms with Crippen LogP contribution in [0.4, 0.5) is 13.2 Å². The van der Waals surface area contributed by atoms with Crippen molar-refractivity contribution in [3.05, 3.63) is 130 Å². The van der Waals surface area contributed by atoms with Gasteiger partial charge < -0.3 is 0 Å². The number of alkyl halides is 3. The Kier molecular flexibility index (Phi) is 7.26. The Labute approximate surface area is 215 Å². The summed E-state index contributed by atoms with van der Waals surface area (Å²) in [5, 5.41) is 0. The van der Waals surface area contributed by atoms with Gasteiger partial charge in [-0.3, -0.25) is 4.98 Å². The normalized spacial score (nSPS) is 13.8. The Morgan fingerprint density at radius 1 is 0.784 bits per heavy atom. The van der Waals surface area contributed by atoms with Gasteiger partial charge in [0.25, 0.3) is 0 Å². The standard InChI is InChI=1S/C29H27F3N2O2S/c1-20-12-15-27(33-19-20)28(18-23-8-5-4-6-9-23,24-10-7-11-25(17-24)29(30,31)32)34-37(35,36)26-14-13-21(2)22(3)16-26/h4-17,19,34H,18H2,1-3H3. The molecule has 37 heavy (non-hydrogen) atoms. The van der Waals surface area contributed by atoms with Gasteiger partial charge in [-0.2, -0.15) is 17.9 Å². The Balaban J connectivity index is 2.00. The average molecular weight is 525 g/mol. The van der Waals surface area contributed by atoms with Crippen LogP contribution in [0.2, 0.25) is 0 Å². The average Bonchev–Trinajstić information content (AvgIpc) is 2.85. The molecule has 0 saturated heterocycles. The number of aromatic nitrogens is 1. The first-order valence-electron chi connectivity index (χ1n) is 11.7. The Morgan fingerprint density at radius 2 is 1.49 bits per heavy atom. The van der Waals surface area contributed by atoms with Crippen LogP contribution in [-0.4, -0.2) is 13.4 Å². The SMILES string of the molecule is Cc1ccc(C(Cc2ccccc2)(NS(=O)(=O)c2ccc(C)c(C)c2)c2cccc(C(F)(F)F)c2)nc1. The van der Waals surface area contributed by atoms with Crippen LogP contribution < -0.4 is 4.72 Å². The van der Waals surface area contributed by atoms with Crippen molar-refractivity contribution in [1.82, 2.24) is 9.71 Å². The molecule has 8 heteroatoms. The van der Waals surface area contributed by atoms with E-state index in [4.69, 9.17) is 0 Å². The molecule has 1 aromatic heterocycles. The lowest BCUT2D eigenvalue weighted by Crippen LogP contribution is -2.49. The summed E-state index contributed by atoms with van der Waals surface area (Å²) in [6.07, 6.45) is -3.00. The fraction of sp³-hybridized carbons (Fsp3) is 0.207. The third-order valence-electron chi connectivity index (χ3n) is 6.44. The fourth-order valence-corrected chi connectivity index (χ4v) is 5.69. The first kappa shape index (κ1) is 26.6. The number of pyridine rings is 1. The lowest BCUT2D eigenvalue weighted by molar-refractivity contribution is -0.137. The van der Waals surface area contributed by atoms with Gasteiger partial charge in [0, 0.05) is 12.6 Å². The molecule has 0 fully saturated rings. The minimum absolute atomic E-state index is 0.0205. The number of benzene rings is 3. The van der Waals surface area contributed by atoms with Crippen LogP contribution in [0.1, 0.15) is 39.1 Å². The summed E-state index contributed by atoms with van der Waals surface area (Å²) < 4.78 is 71.8. The van der Waals surface area contributed by atoms with Crippen LogP contribution in [0.25, 0.3) is 0 Å². The highest BCUT2D eigenvalue weighted by molar-refractivity contribution is 7.89. The third kappa shape index (κ3) is 5.76. The molecule has 4 nitrogen and oxygen atoms in total. The second-order valence-corrected chi connectivity index (χ2v) is 10.9. The van der Waals surface area contributed by atoms with E-state index in [2.05, 4.69) is 9.71 Å². The van der Waals surface area contributed by atoms with Gasteiger partial charge in [0.05, 0.1) is 16.2 Å². The van der Waals surface area contributed by atoms with Crippen molar-refractivity contribution in [2.45, 2.75) is 43.8 Å². The number of rotatable bonds is 7. The number of aryl methyl sites for hydroxylation is 3. The smallest absolute Gasteiger partial charge is 0.259 e. The van der Waals surface area contributed by atoms with Crippen LogP contribution in [0.15, 0.2) is 96.0 Å². The largest absolute Gasteiger partial charge is 0.416 e. The lowest BCUT2D eigenvalue weighted by Gasteiger charge is -2.35. The predicted molar refractivity (Wildman–Crippen MR) is 138 cm³/mol. The van der Waals surface area contributed by atoms with Gasteiger partial charge in [-0.05, 0) is 78.9 Å². The summed E-state index contributed by atoms with van der Waals surface area (Å²) in [6, 6.07) is 22.0. The molecule has 192 valence electrons. The Bertz CT molecular complexity index is 1500. The first-order valence-corrected chi connectivity index (χ1v) is 13.2. The van der Waals surface area contributed by atoms with Crippen molar-refractivity contribution in [2.75, 3.05) is 0 Å². The van der Waals surface area contributed by atoms with E-state index in [9.17, 15) is 21.6 Å². The first-order chi connectivity index (χ1) is 17.4. The Hall–Kier alpha value is -3.49. The van der Waals surface area contributed by atoms with Gasteiger partial charge in [-0.25, -0.2) is 8.42 Å². The van der Waals surface area contributed by atoms with E-state index in [1.165, 1.54) is 18.2 Å². The molecule has 4 rings (SSSR count). The monoisotopic (exact) mass is 524 g/mol. The van der Waals surface area contributed by atoms with Crippen molar-refractivity contribution in [3.63, 3.8) is 0 Å². The van der Waals surface area contributed by atoms with E-state index in [1.54, 1.807) is 61.7 Å². The maximum absolute atomic E-state index is 13.8. The minimum Gasteiger partial charge on any atom is -0.259 e. The fourth-order valence-electron chi connectivity index (χ4n) is 4.24. The second kappa shape index (κ2) is 10.1. The molecular formula is C29H27F3N2O2S.